The first-order valence-electron chi connectivity index (χ1n) is 7.97. The summed E-state index contributed by atoms with van der Waals surface area (Å²) in [6.45, 7) is 2.36. The van der Waals surface area contributed by atoms with Gasteiger partial charge in [-0.3, -0.25) is 15.1 Å². The van der Waals surface area contributed by atoms with Gasteiger partial charge in [0.1, 0.15) is 5.75 Å². The lowest BCUT2D eigenvalue weighted by Crippen LogP contribution is -2.34. The molecule has 0 aliphatic carbocycles. The Morgan fingerprint density at radius 2 is 2.08 bits per heavy atom. The smallest absolute Gasteiger partial charge is 0.257 e. The van der Waals surface area contributed by atoms with Gasteiger partial charge < -0.3 is 10.1 Å². The van der Waals surface area contributed by atoms with E-state index in [0.717, 1.165) is 16.6 Å². The van der Waals surface area contributed by atoms with Crippen LogP contribution < -0.4 is 15.4 Å². The highest BCUT2D eigenvalue weighted by Gasteiger charge is 2.12. The van der Waals surface area contributed by atoms with Crippen molar-refractivity contribution >= 4 is 51.4 Å². The Kier molecular flexibility index (Phi) is 5.65. The van der Waals surface area contributed by atoms with E-state index in [1.165, 1.54) is 0 Å². The van der Waals surface area contributed by atoms with Crippen molar-refractivity contribution in [3.63, 3.8) is 0 Å². The zero-order chi connectivity index (χ0) is 18.5. The normalized spacial score (nSPS) is 10.4. The minimum atomic E-state index is -0.356. The summed E-state index contributed by atoms with van der Waals surface area (Å²) in [5.41, 5.74) is 2.00. The van der Waals surface area contributed by atoms with Gasteiger partial charge >= 0.3 is 0 Å². The van der Waals surface area contributed by atoms with Crippen molar-refractivity contribution in [3.8, 4) is 5.75 Å². The molecule has 3 rings (SSSR count). The highest BCUT2D eigenvalue weighted by molar-refractivity contribution is 7.80. The van der Waals surface area contributed by atoms with Gasteiger partial charge in [0.15, 0.2) is 5.11 Å². The van der Waals surface area contributed by atoms with E-state index in [4.69, 9.17) is 28.6 Å². The number of benzene rings is 2. The maximum absolute atomic E-state index is 12.4. The third-order valence-electron chi connectivity index (χ3n) is 3.61. The SMILES string of the molecule is CCOc1ccc(C(=O)NC(=S)Nc2cccc3ncccc23)cc1Cl. The van der Waals surface area contributed by atoms with Crippen LogP contribution in [-0.2, 0) is 0 Å². The number of rotatable bonds is 4. The molecule has 0 atom stereocenters. The maximum atomic E-state index is 12.4. The first kappa shape index (κ1) is 18.1. The third kappa shape index (κ3) is 4.09. The van der Waals surface area contributed by atoms with E-state index in [0.29, 0.717) is 22.9 Å². The molecule has 5 nitrogen and oxygen atoms in total. The average Bonchev–Trinajstić information content (AvgIpc) is 2.63. The molecule has 2 N–H and O–H groups in total. The Morgan fingerprint density at radius 1 is 1.23 bits per heavy atom. The van der Waals surface area contributed by atoms with Gasteiger partial charge in [-0.05, 0) is 61.6 Å². The van der Waals surface area contributed by atoms with Crippen LogP contribution >= 0.6 is 23.8 Å². The number of amides is 1. The molecule has 0 fully saturated rings. The largest absolute Gasteiger partial charge is 0.492 e. The highest BCUT2D eigenvalue weighted by atomic mass is 35.5. The van der Waals surface area contributed by atoms with E-state index in [-0.39, 0.29) is 11.0 Å². The van der Waals surface area contributed by atoms with Gasteiger partial charge in [-0.2, -0.15) is 0 Å². The number of pyridine rings is 1. The molecule has 0 aliphatic rings. The summed E-state index contributed by atoms with van der Waals surface area (Å²) in [5.74, 6) is 0.181. The molecule has 0 radical (unpaired) electrons. The van der Waals surface area contributed by atoms with Crippen LogP contribution in [0.5, 0.6) is 5.75 Å². The Hall–Kier alpha value is -2.70. The van der Waals surface area contributed by atoms with E-state index in [9.17, 15) is 4.79 Å². The number of carbonyl (C=O) groups is 1. The van der Waals surface area contributed by atoms with Crippen LogP contribution in [0.15, 0.2) is 54.7 Å². The zero-order valence-electron chi connectivity index (χ0n) is 14.0. The lowest BCUT2D eigenvalue weighted by atomic mass is 10.2. The molecule has 0 saturated heterocycles. The van der Waals surface area contributed by atoms with Gasteiger partial charge in [-0.1, -0.05) is 17.7 Å². The van der Waals surface area contributed by atoms with Crippen molar-refractivity contribution in [1.29, 1.82) is 0 Å². The summed E-state index contributed by atoms with van der Waals surface area (Å²) >= 11 is 11.4. The van der Waals surface area contributed by atoms with E-state index >= 15 is 0 Å². The fourth-order valence-corrected chi connectivity index (χ4v) is 2.89. The minimum absolute atomic E-state index is 0.191. The van der Waals surface area contributed by atoms with Crippen molar-refractivity contribution in [2.45, 2.75) is 6.92 Å². The van der Waals surface area contributed by atoms with Crippen molar-refractivity contribution in [1.82, 2.24) is 10.3 Å². The van der Waals surface area contributed by atoms with E-state index in [2.05, 4.69) is 15.6 Å². The van der Waals surface area contributed by atoms with Crippen LogP contribution in [0.2, 0.25) is 5.02 Å². The van der Waals surface area contributed by atoms with Crippen LogP contribution in [0.3, 0.4) is 0 Å². The third-order valence-corrected chi connectivity index (χ3v) is 4.11. The van der Waals surface area contributed by atoms with Crippen molar-refractivity contribution in [3.05, 3.63) is 65.3 Å². The summed E-state index contributed by atoms with van der Waals surface area (Å²) in [7, 11) is 0. The summed E-state index contributed by atoms with van der Waals surface area (Å²) in [6, 6.07) is 14.3. The van der Waals surface area contributed by atoms with Crippen LogP contribution in [0.25, 0.3) is 10.9 Å². The molecule has 132 valence electrons. The molecule has 1 aromatic heterocycles. The Balaban J connectivity index is 1.71. The molecular weight excluding hydrogens is 370 g/mol. The number of ether oxygens (including phenoxy) is 1. The first-order valence-corrected chi connectivity index (χ1v) is 8.75. The second-order valence-electron chi connectivity index (χ2n) is 5.36. The summed E-state index contributed by atoms with van der Waals surface area (Å²) in [4.78, 5) is 16.7. The van der Waals surface area contributed by atoms with Crippen LogP contribution in [0.4, 0.5) is 5.69 Å². The fraction of sp³-hybridized carbons (Fsp3) is 0.105. The highest BCUT2D eigenvalue weighted by Crippen LogP contribution is 2.25. The molecule has 1 heterocycles. The fourth-order valence-electron chi connectivity index (χ4n) is 2.46. The predicted octanol–water partition coefficient (Wildman–Crippen LogP) is 4.41. The van der Waals surface area contributed by atoms with Crippen LogP contribution in [-0.4, -0.2) is 22.6 Å². The first-order chi connectivity index (χ1) is 12.6. The Morgan fingerprint density at radius 3 is 2.85 bits per heavy atom. The molecule has 7 heteroatoms. The Labute approximate surface area is 161 Å². The monoisotopic (exact) mass is 385 g/mol. The second kappa shape index (κ2) is 8.12. The molecular formula is C19H16ClN3O2S. The molecule has 0 saturated carbocycles. The van der Waals surface area contributed by atoms with Gasteiger partial charge in [0, 0.05) is 22.8 Å². The van der Waals surface area contributed by atoms with E-state index < -0.39 is 0 Å². The van der Waals surface area contributed by atoms with Gasteiger partial charge in [0.05, 0.1) is 17.1 Å². The molecule has 0 bridgehead atoms. The number of carbonyl (C=O) groups excluding carboxylic acids is 1. The molecule has 2 aromatic carbocycles. The molecule has 26 heavy (non-hydrogen) atoms. The van der Waals surface area contributed by atoms with Crippen molar-refractivity contribution in [2.24, 2.45) is 0 Å². The van der Waals surface area contributed by atoms with E-state index in [1.807, 2.05) is 37.3 Å². The number of nitrogens with zero attached hydrogens (tertiary/aromatic N) is 1. The number of halogens is 1. The molecule has 0 spiro atoms. The second-order valence-corrected chi connectivity index (χ2v) is 6.18. The van der Waals surface area contributed by atoms with Gasteiger partial charge in [-0.15, -0.1) is 0 Å². The number of anilines is 1. The van der Waals surface area contributed by atoms with Crippen LogP contribution in [0, 0.1) is 0 Å². The lowest BCUT2D eigenvalue weighted by molar-refractivity contribution is 0.0977. The number of hydrogen-bond donors (Lipinski definition) is 2. The van der Waals surface area contributed by atoms with Gasteiger partial charge in [0.2, 0.25) is 0 Å². The standard InChI is InChI=1S/C19H16ClN3O2S/c1-2-25-17-9-8-12(11-14(17)20)18(24)23-19(26)22-16-7-3-6-15-13(16)5-4-10-21-15/h3-11H,2H2,1H3,(H2,22,23,24,26). The minimum Gasteiger partial charge on any atom is -0.492 e. The summed E-state index contributed by atoms with van der Waals surface area (Å²) < 4.78 is 5.36. The number of aromatic nitrogens is 1. The topological polar surface area (TPSA) is 63.2 Å². The van der Waals surface area contributed by atoms with Crippen molar-refractivity contribution < 1.29 is 9.53 Å². The maximum Gasteiger partial charge on any atom is 0.257 e. The molecule has 0 aliphatic heterocycles. The number of nitrogens with one attached hydrogen (secondary N) is 2. The summed E-state index contributed by atoms with van der Waals surface area (Å²) in [5, 5.41) is 7.16. The zero-order valence-corrected chi connectivity index (χ0v) is 15.5. The summed E-state index contributed by atoms with van der Waals surface area (Å²) in [6.07, 6.45) is 1.72. The lowest BCUT2D eigenvalue weighted by Gasteiger charge is -2.12. The number of thiocarbonyl (C=S) groups is 1. The quantitative estimate of drug-likeness (QED) is 0.651. The predicted molar refractivity (Wildman–Crippen MR) is 108 cm³/mol. The molecule has 0 unspecified atom stereocenters. The van der Waals surface area contributed by atoms with Crippen molar-refractivity contribution in [2.75, 3.05) is 11.9 Å². The average molecular weight is 386 g/mol. The molecule has 3 aromatic rings. The number of hydrogen-bond acceptors (Lipinski definition) is 4. The number of fused-ring (bicyclic) bond motifs is 1. The Bertz CT molecular complexity index is 973. The van der Waals surface area contributed by atoms with Gasteiger partial charge in [-0.25, -0.2) is 0 Å². The van der Waals surface area contributed by atoms with Gasteiger partial charge in [0.25, 0.3) is 5.91 Å². The van der Waals surface area contributed by atoms with Crippen LogP contribution in [0.1, 0.15) is 17.3 Å². The van der Waals surface area contributed by atoms with E-state index in [1.54, 1.807) is 24.4 Å². The molecule has 1 amide bonds.